The van der Waals surface area contributed by atoms with E-state index in [-0.39, 0.29) is 34.7 Å². The number of nitro groups is 1. The van der Waals surface area contributed by atoms with E-state index in [4.69, 9.17) is 19.9 Å². The van der Waals surface area contributed by atoms with Gasteiger partial charge in [0.05, 0.1) is 49.5 Å². The Morgan fingerprint density at radius 2 is 1.76 bits per heavy atom. The van der Waals surface area contributed by atoms with Gasteiger partial charge in [-0.1, -0.05) is 19.9 Å². The highest BCUT2D eigenvalue weighted by Gasteiger charge is 2.45. The van der Waals surface area contributed by atoms with E-state index in [1.54, 1.807) is 29.2 Å². The first-order valence-corrected chi connectivity index (χ1v) is 11.6. The fraction of sp³-hybridized carbons (Fsp3) is 0.333. The van der Waals surface area contributed by atoms with Gasteiger partial charge < -0.3 is 19.9 Å². The van der Waals surface area contributed by atoms with Crippen molar-refractivity contribution in [1.29, 1.82) is 5.26 Å². The van der Waals surface area contributed by atoms with Gasteiger partial charge in [0.1, 0.15) is 5.82 Å². The Balaban J connectivity index is 2.03. The van der Waals surface area contributed by atoms with E-state index < -0.39 is 10.8 Å². The van der Waals surface area contributed by atoms with Crippen molar-refractivity contribution in [3.8, 4) is 23.3 Å². The number of hydrogen-bond acceptors (Lipinski definition) is 9. The Hall–Kier alpha value is -4.52. The summed E-state index contributed by atoms with van der Waals surface area (Å²) in [5, 5.41) is 21.8. The number of benzene rings is 2. The second kappa shape index (κ2) is 9.50. The number of nitriles is 1. The molecule has 4 rings (SSSR count). The van der Waals surface area contributed by atoms with Crippen LogP contribution in [0.15, 0.2) is 59.1 Å². The van der Waals surface area contributed by atoms with Crippen molar-refractivity contribution in [2.75, 3.05) is 26.2 Å². The molecule has 0 spiro atoms. The number of ether oxygens (including phenoxy) is 3. The minimum absolute atomic E-state index is 0.103. The molecule has 10 heteroatoms. The van der Waals surface area contributed by atoms with Crippen LogP contribution in [0, 0.1) is 26.9 Å². The number of carbonyl (C=O) groups is 1. The highest BCUT2D eigenvalue weighted by molar-refractivity contribution is 6.01. The molecular weight excluding hydrogens is 476 g/mol. The molecule has 0 fully saturated rings. The molecule has 0 saturated carbocycles. The van der Waals surface area contributed by atoms with Gasteiger partial charge in [-0.05, 0) is 35.6 Å². The standard InChI is InChI=1S/C27H28N4O6/c1-27(2)12-19-24(20(32)13-27)23(15-9-21(35-3)25(37-5)22(10-15)36-4)18(14-28)26(29)30(19)16-7-6-8-17(11-16)31(33)34/h6-11,23H,12-13,29H2,1-5H3. The summed E-state index contributed by atoms with van der Waals surface area (Å²) in [6.07, 6.45) is 0.741. The molecule has 1 heterocycles. The van der Waals surface area contributed by atoms with Crippen LogP contribution >= 0.6 is 0 Å². The number of nitrogens with two attached hydrogens (primary N) is 1. The number of carbonyl (C=O) groups excluding carboxylic acids is 1. The normalized spacial score (nSPS) is 18.8. The molecule has 0 bridgehead atoms. The molecule has 0 radical (unpaired) electrons. The lowest BCUT2D eigenvalue weighted by Crippen LogP contribution is -2.42. The van der Waals surface area contributed by atoms with E-state index in [1.165, 1.54) is 33.5 Å². The van der Waals surface area contributed by atoms with Gasteiger partial charge in [-0.2, -0.15) is 5.26 Å². The average molecular weight is 505 g/mol. The van der Waals surface area contributed by atoms with Crippen LogP contribution in [-0.2, 0) is 4.79 Å². The summed E-state index contributed by atoms with van der Waals surface area (Å²) in [4.78, 5) is 26.3. The molecule has 0 aromatic heterocycles. The Kier molecular flexibility index (Phi) is 6.57. The number of Topliss-reactive ketones (excluding diaryl/α,β-unsaturated/α-hetero) is 1. The number of anilines is 1. The van der Waals surface area contributed by atoms with E-state index in [0.717, 1.165) is 0 Å². The topological polar surface area (TPSA) is 141 Å². The average Bonchev–Trinajstić information content (AvgIpc) is 2.86. The molecule has 1 atom stereocenters. The largest absolute Gasteiger partial charge is 0.493 e. The van der Waals surface area contributed by atoms with Crippen LogP contribution in [0.2, 0.25) is 0 Å². The third-order valence-corrected chi connectivity index (χ3v) is 6.70. The molecule has 2 aromatic rings. The van der Waals surface area contributed by atoms with E-state index in [9.17, 15) is 20.2 Å². The molecule has 1 unspecified atom stereocenters. The number of hydrogen-bond donors (Lipinski definition) is 1. The van der Waals surface area contributed by atoms with Gasteiger partial charge >= 0.3 is 0 Å². The fourth-order valence-corrected chi connectivity index (χ4v) is 5.15. The maximum atomic E-state index is 13.7. The summed E-state index contributed by atoms with van der Waals surface area (Å²) in [5.41, 5.74) is 8.28. The van der Waals surface area contributed by atoms with Crippen LogP contribution in [0.4, 0.5) is 11.4 Å². The van der Waals surface area contributed by atoms with Crippen LogP contribution in [0.5, 0.6) is 17.2 Å². The third-order valence-electron chi connectivity index (χ3n) is 6.70. The SMILES string of the molecule is COc1cc(C2C(C#N)=C(N)N(c3cccc([N+](=O)[O-])c3)C3=C2C(=O)CC(C)(C)C3)cc(OC)c1OC. The molecule has 0 amide bonds. The third kappa shape index (κ3) is 4.33. The van der Waals surface area contributed by atoms with Gasteiger partial charge in [0.2, 0.25) is 5.75 Å². The molecule has 10 nitrogen and oxygen atoms in total. The lowest BCUT2D eigenvalue weighted by molar-refractivity contribution is -0.384. The van der Waals surface area contributed by atoms with E-state index in [0.29, 0.717) is 46.2 Å². The molecule has 2 aliphatic rings. The Morgan fingerprint density at radius 1 is 1.11 bits per heavy atom. The molecule has 1 aliphatic carbocycles. The monoisotopic (exact) mass is 504 g/mol. The number of ketones is 1. The summed E-state index contributed by atoms with van der Waals surface area (Å²) >= 11 is 0. The number of nitro benzene ring substituents is 1. The summed E-state index contributed by atoms with van der Waals surface area (Å²) in [5.74, 6) is 0.321. The zero-order valence-corrected chi connectivity index (χ0v) is 21.3. The maximum Gasteiger partial charge on any atom is 0.271 e. The summed E-state index contributed by atoms with van der Waals surface area (Å²) in [6.45, 7) is 3.96. The van der Waals surface area contributed by atoms with Crippen molar-refractivity contribution in [2.24, 2.45) is 11.1 Å². The molecule has 37 heavy (non-hydrogen) atoms. The predicted octanol–water partition coefficient (Wildman–Crippen LogP) is 4.56. The van der Waals surface area contributed by atoms with E-state index in [2.05, 4.69) is 6.07 Å². The van der Waals surface area contributed by atoms with Gasteiger partial charge in [0, 0.05) is 29.8 Å². The van der Waals surface area contributed by atoms with Crippen LogP contribution in [0.25, 0.3) is 0 Å². The summed E-state index contributed by atoms with van der Waals surface area (Å²) in [7, 11) is 4.46. The highest BCUT2D eigenvalue weighted by atomic mass is 16.6. The first-order chi connectivity index (χ1) is 17.6. The highest BCUT2D eigenvalue weighted by Crippen LogP contribution is 2.52. The van der Waals surface area contributed by atoms with Crippen molar-refractivity contribution < 1.29 is 23.9 Å². The van der Waals surface area contributed by atoms with E-state index in [1.807, 2.05) is 13.8 Å². The quantitative estimate of drug-likeness (QED) is 0.442. The fourth-order valence-electron chi connectivity index (χ4n) is 5.15. The minimum atomic E-state index is -0.785. The second-order valence-electron chi connectivity index (χ2n) is 9.72. The van der Waals surface area contributed by atoms with Gasteiger partial charge in [-0.25, -0.2) is 0 Å². The number of non-ortho nitro benzene ring substituents is 1. The van der Waals surface area contributed by atoms with Gasteiger partial charge in [-0.3, -0.25) is 19.8 Å². The molecule has 192 valence electrons. The lowest BCUT2D eigenvalue weighted by atomic mass is 9.68. The molecule has 0 saturated heterocycles. The number of methoxy groups -OCH3 is 3. The lowest BCUT2D eigenvalue weighted by Gasteiger charge is -2.43. The van der Waals surface area contributed by atoms with Gasteiger partial charge in [0.15, 0.2) is 17.3 Å². The molecular formula is C27H28N4O6. The smallest absolute Gasteiger partial charge is 0.271 e. The zero-order valence-electron chi connectivity index (χ0n) is 21.3. The summed E-state index contributed by atoms with van der Waals surface area (Å²) in [6, 6.07) is 11.6. The van der Waals surface area contributed by atoms with Crippen LogP contribution < -0.4 is 24.8 Å². The number of allylic oxidation sites excluding steroid dienone is 3. The van der Waals surface area contributed by atoms with Crippen LogP contribution in [-0.4, -0.2) is 32.0 Å². The Bertz CT molecular complexity index is 1380. The Labute approximate surface area is 214 Å². The Morgan fingerprint density at radius 3 is 2.30 bits per heavy atom. The van der Waals surface area contributed by atoms with Crippen molar-refractivity contribution in [3.63, 3.8) is 0 Å². The first kappa shape index (κ1) is 25.6. The molecule has 2 aromatic carbocycles. The minimum Gasteiger partial charge on any atom is -0.493 e. The van der Waals surface area contributed by atoms with Gasteiger partial charge in [-0.15, -0.1) is 0 Å². The number of rotatable bonds is 6. The second-order valence-corrected chi connectivity index (χ2v) is 9.72. The van der Waals surface area contributed by atoms with Crippen molar-refractivity contribution >= 4 is 17.2 Å². The predicted molar refractivity (Wildman–Crippen MR) is 136 cm³/mol. The van der Waals surface area contributed by atoms with Crippen molar-refractivity contribution in [3.05, 3.63) is 74.7 Å². The molecule has 1 aliphatic heterocycles. The maximum absolute atomic E-state index is 13.7. The van der Waals surface area contributed by atoms with E-state index >= 15 is 0 Å². The van der Waals surface area contributed by atoms with Crippen LogP contribution in [0.3, 0.4) is 0 Å². The van der Waals surface area contributed by atoms with Gasteiger partial charge in [0.25, 0.3) is 5.69 Å². The van der Waals surface area contributed by atoms with Crippen LogP contribution in [0.1, 0.15) is 38.2 Å². The van der Waals surface area contributed by atoms with Crippen molar-refractivity contribution in [2.45, 2.75) is 32.6 Å². The first-order valence-electron chi connectivity index (χ1n) is 11.6. The number of nitrogens with zero attached hydrogens (tertiary/aromatic N) is 3. The molecule has 2 N–H and O–H groups in total. The zero-order chi connectivity index (χ0) is 27.1. The summed E-state index contributed by atoms with van der Waals surface area (Å²) < 4.78 is 16.5. The van der Waals surface area contributed by atoms with Crippen molar-refractivity contribution in [1.82, 2.24) is 0 Å².